The summed E-state index contributed by atoms with van der Waals surface area (Å²) in [7, 11) is 0. The lowest BCUT2D eigenvalue weighted by Crippen LogP contribution is -2.18. The summed E-state index contributed by atoms with van der Waals surface area (Å²) >= 11 is 5.82. The Morgan fingerprint density at radius 3 is 2.67 bits per heavy atom. The second kappa shape index (κ2) is 5.84. The maximum atomic E-state index is 11.5. The molecule has 1 aromatic carbocycles. The first kappa shape index (κ1) is 13.7. The molecule has 0 heterocycles. The van der Waals surface area contributed by atoms with Crippen LogP contribution in [-0.4, -0.2) is 11.8 Å². The Balaban J connectivity index is 3.37. The highest BCUT2D eigenvalue weighted by Gasteiger charge is 2.17. The number of rotatable bonds is 3. The van der Waals surface area contributed by atoms with E-state index in [1.54, 1.807) is 6.92 Å². The van der Waals surface area contributed by atoms with E-state index in [2.05, 4.69) is 5.32 Å². The molecule has 1 aromatic rings. The van der Waals surface area contributed by atoms with Crippen LogP contribution in [0.5, 0.6) is 0 Å². The molecule has 0 aromatic heterocycles. The van der Waals surface area contributed by atoms with Crippen LogP contribution in [0.2, 0.25) is 5.02 Å². The molecule has 0 spiro atoms. The number of carbonyl (C=O) groups excluding carboxylic acids is 2. The van der Waals surface area contributed by atoms with E-state index in [1.807, 2.05) is 6.07 Å². The number of nitrogens with zero attached hydrogens (tertiary/aromatic N) is 1. The second-order valence-electron chi connectivity index (χ2n) is 3.31. The molecule has 0 radical (unpaired) electrons. The van der Waals surface area contributed by atoms with Gasteiger partial charge in [-0.3, -0.25) is 9.59 Å². The normalized spacial score (nSPS) is 10.1. The van der Waals surface area contributed by atoms with Crippen LogP contribution in [0.15, 0.2) is 24.3 Å². The van der Waals surface area contributed by atoms with Crippen molar-refractivity contribution in [1.29, 1.82) is 5.26 Å². The first-order valence-corrected chi connectivity index (χ1v) is 5.35. The number of amides is 2. The number of nitrogens with two attached hydrogens (primary N) is 1. The Bertz CT molecular complexity index is 573. The molecule has 0 atom stereocenters. The van der Waals surface area contributed by atoms with Crippen molar-refractivity contribution < 1.29 is 9.59 Å². The minimum atomic E-state index is -0.751. The molecule has 92 valence electrons. The zero-order chi connectivity index (χ0) is 13.7. The molecule has 0 aliphatic heterocycles. The third kappa shape index (κ3) is 2.87. The minimum absolute atomic E-state index is 0.00539. The molecule has 0 unspecified atom stereocenters. The largest absolute Gasteiger partial charge is 0.366 e. The van der Waals surface area contributed by atoms with Crippen LogP contribution in [0.3, 0.4) is 0 Å². The molecule has 0 aliphatic rings. The van der Waals surface area contributed by atoms with Gasteiger partial charge in [-0.1, -0.05) is 17.7 Å². The molecule has 0 saturated carbocycles. The Kier molecular flexibility index (Phi) is 4.46. The molecule has 1 rings (SSSR count). The number of benzene rings is 1. The smallest absolute Gasteiger partial charge is 0.250 e. The first-order valence-electron chi connectivity index (χ1n) is 4.97. The predicted octanol–water partition coefficient (Wildman–Crippen LogP) is 1.83. The highest BCUT2D eigenvalue weighted by molar-refractivity contribution is 6.32. The fourth-order valence-corrected chi connectivity index (χ4v) is 1.54. The molecule has 6 heteroatoms. The van der Waals surface area contributed by atoms with Crippen molar-refractivity contribution in [1.82, 2.24) is 0 Å². The van der Waals surface area contributed by atoms with E-state index in [1.165, 1.54) is 24.3 Å². The van der Waals surface area contributed by atoms with E-state index in [9.17, 15) is 9.59 Å². The number of halogens is 1. The van der Waals surface area contributed by atoms with Gasteiger partial charge in [0.1, 0.15) is 6.07 Å². The van der Waals surface area contributed by atoms with Gasteiger partial charge in [-0.05, 0) is 25.1 Å². The lowest BCUT2D eigenvalue weighted by Gasteiger charge is -2.10. The van der Waals surface area contributed by atoms with Gasteiger partial charge in [0.15, 0.2) is 0 Å². The van der Waals surface area contributed by atoms with Gasteiger partial charge in [0, 0.05) is 0 Å². The highest BCUT2D eigenvalue weighted by Crippen LogP contribution is 2.27. The van der Waals surface area contributed by atoms with Crippen molar-refractivity contribution in [3.63, 3.8) is 0 Å². The van der Waals surface area contributed by atoms with Crippen LogP contribution < -0.4 is 11.1 Å². The monoisotopic (exact) mass is 263 g/mol. The molecule has 0 saturated heterocycles. The second-order valence-corrected chi connectivity index (χ2v) is 3.72. The number of nitriles is 1. The van der Waals surface area contributed by atoms with Crippen LogP contribution in [-0.2, 0) is 4.79 Å². The molecule has 2 amide bonds. The van der Waals surface area contributed by atoms with Crippen LogP contribution in [0, 0.1) is 11.3 Å². The average Bonchev–Trinajstić information content (AvgIpc) is 2.29. The molecular formula is C12H10ClN3O2. The quantitative estimate of drug-likeness (QED) is 0.814. The number of allylic oxidation sites excluding steroid dienone is 1. The molecule has 18 heavy (non-hydrogen) atoms. The van der Waals surface area contributed by atoms with Crippen LogP contribution in [0.4, 0.5) is 5.69 Å². The number of nitrogens with one attached hydrogen (secondary N) is 1. The molecule has 0 aliphatic carbocycles. The van der Waals surface area contributed by atoms with Crippen molar-refractivity contribution in [3.05, 3.63) is 40.4 Å². The highest BCUT2D eigenvalue weighted by atomic mass is 35.5. The van der Waals surface area contributed by atoms with Gasteiger partial charge in [0.05, 0.1) is 21.8 Å². The molecular weight excluding hydrogens is 254 g/mol. The Hall–Kier alpha value is -2.32. The fourth-order valence-electron chi connectivity index (χ4n) is 1.34. The molecule has 0 bridgehead atoms. The van der Waals surface area contributed by atoms with E-state index in [4.69, 9.17) is 22.6 Å². The average molecular weight is 264 g/mol. The number of hydrogen-bond donors (Lipinski definition) is 2. The van der Waals surface area contributed by atoms with Crippen molar-refractivity contribution in [2.45, 2.75) is 6.92 Å². The Morgan fingerprint density at radius 1 is 1.50 bits per heavy atom. The van der Waals surface area contributed by atoms with E-state index >= 15 is 0 Å². The van der Waals surface area contributed by atoms with E-state index in [0.717, 1.165) is 0 Å². The van der Waals surface area contributed by atoms with Crippen molar-refractivity contribution in [2.24, 2.45) is 5.73 Å². The van der Waals surface area contributed by atoms with E-state index in [-0.39, 0.29) is 21.8 Å². The SMILES string of the molecule is CC=CC(=O)Nc1c(C(N)=O)ccc(Cl)c1C#N. The van der Waals surface area contributed by atoms with Gasteiger partial charge in [-0.2, -0.15) is 5.26 Å². The molecule has 3 N–H and O–H groups in total. The maximum absolute atomic E-state index is 11.5. The first-order chi connectivity index (χ1) is 8.51. The minimum Gasteiger partial charge on any atom is -0.366 e. The van der Waals surface area contributed by atoms with Gasteiger partial charge < -0.3 is 11.1 Å². The summed E-state index contributed by atoms with van der Waals surface area (Å²) in [6.45, 7) is 1.66. The zero-order valence-electron chi connectivity index (χ0n) is 9.53. The summed E-state index contributed by atoms with van der Waals surface area (Å²) in [5, 5.41) is 11.5. The maximum Gasteiger partial charge on any atom is 0.250 e. The summed E-state index contributed by atoms with van der Waals surface area (Å²) in [5.74, 6) is -1.22. The van der Waals surface area contributed by atoms with Crippen LogP contribution in [0.1, 0.15) is 22.8 Å². The number of primary amides is 1. The third-order valence-corrected chi connectivity index (χ3v) is 2.41. The summed E-state index contributed by atoms with van der Waals surface area (Å²) in [4.78, 5) is 22.7. The summed E-state index contributed by atoms with van der Waals surface area (Å²) in [5.41, 5.74) is 5.25. The van der Waals surface area contributed by atoms with E-state index in [0.29, 0.717) is 0 Å². The van der Waals surface area contributed by atoms with E-state index < -0.39 is 11.8 Å². The molecule has 5 nitrogen and oxygen atoms in total. The van der Waals surface area contributed by atoms with Gasteiger partial charge in [-0.25, -0.2) is 0 Å². The fraction of sp³-hybridized carbons (Fsp3) is 0.0833. The van der Waals surface area contributed by atoms with Crippen LogP contribution >= 0.6 is 11.6 Å². The number of carbonyl (C=O) groups is 2. The summed E-state index contributed by atoms with van der Waals surface area (Å²) in [6, 6.07) is 4.57. The third-order valence-electron chi connectivity index (χ3n) is 2.10. The lowest BCUT2D eigenvalue weighted by molar-refractivity contribution is -0.111. The van der Waals surface area contributed by atoms with Gasteiger partial charge >= 0.3 is 0 Å². The number of anilines is 1. The topological polar surface area (TPSA) is 96.0 Å². The van der Waals surface area contributed by atoms with Crippen molar-refractivity contribution >= 4 is 29.1 Å². The summed E-state index contributed by atoms with van der Waals surface area (Å²) in [6.07, 6.45) is 2.78. The van der Waals surface area contributed by atoms with Gasteiger partial charge in [0.25, 0.3) is 5.91 Å². The Labute approximate surface area is 109 Å². The number of hydrogen-bond acceptors (Lipinski definition) is 3. The Morgan fingerprint density at radius 2 is 2.17 bits per heavy atom. The van der Waals surface area contributed by atoms with Gasteiger partial charge in [-0.15, -0.1) is 0 Å². The predicted molar refractivity (Wildman–Crippen MR) is 68.1 cm³/mol. The van der Waals surface area contributed by atoms with Crippen LogP contribution in [0.25, 0.3) is 0 Å². The van der Waals surface area contributed by atoms with Crippen molar-refractivity contribution in [2.75, 3.05) is 5.32 Å². The summed E-state index contributed by atoms with van der Waals surface area (Å²) < 4.78 is 0. The van der Waals surface area contributed by atoms with Gasteiger partial charge in [0.2, 0.25) is 5.91 Å². The lowest BCUT2D eigenvalue weighted by atomic mass is 10.1. The van der Waals surface area contributed by atoms with Crippen molar-refractivity contribution in [3.8, 4) is 6.07 Å². The molecule has 0 fully saturated rings. The zero-order valence-corrected chi connectivity index (χ0v) is 10.3. The standard InChI is InChI=1S/C12H10ClN3O2/c1-2-3-10(17)16-11-7(12(15)18)4-5-9(13)8(11)6-14/h2-5H,1H3,(H2,15,18)(H,16,17).